The number of anilines is 2. The molecular weight excluding hydrogens is 620 g/mol. The van der Waals surface area contributed by atoms with Crippen molar-refractivity contribution in [1.29, 1.82) is 0 Å². The van der Waals surface area contributed by atoms with Crippen LogP contribution in [0.1, 0.15) is 62.1 Å². The van der Waals surface area contributed by atoms with Gasteiger partial charge in [0.25, 0.3) is 23.6 Å². The van der Waals surface area contributed by atoms with Crippen molar-refractivity contribution in [2.24, 2.45) is 0 Å². The molecule has 0 saturated heterocycles. The van der Waals surface area contributed by atoms with Gasteiger partial charge in [0.15, 0.2) is 0 Å². The number of rotatable bonds is 6. The molecule has 12 nitrogen and oxygen atoms in total. The number of imide groups is 2. The summed E-state index contributed by atoms with van der Waals surface area (Å²) < 4.78 is 10.8. The second-order valence-corrected chi connectivity index (χ2v) is 10.7. The van der Waals surface area contributed by atoms with Crippen LogP contribution in [0, 0.1) is 0 Å². The number of aromatic hydroxyl groups is 2. The van der Waals surface area contributed by atoms with Gasteiger partial charge in [-0.1, -0.05) is 0 Å². The maximum Gasteiger partial charge on any atom is 0.343 e. The molecule has 2 aliphatic rings. The molecular formula is C36H20N2O10. The number of hydrogen-bond acceptors (Lipinski definition) is 10. The fraction of sp³-hybridized carbons (Fsp3) is 0. The van der Waals surface area contributed by atoms with Crippen molar-refractivity contribution >= 4 is 46.9 Å². The van der Waals surface area contributed by atoms with Gasteiger partial charge in [0.1, 0.15) is 23.0 Å². The van der Waals surface area contributed by atoms with Crippen molar-refractivity contribution in [3.63, 3.8) is 0 Å². The second kappa shape index (κ2) is 11.4. The van der Waals surface area contributed by atoms with Crippen molar-refractivity contribution < 1.29 is 48.5 Å². The van der Waals surface area contributed by atoms with Crippen LogP contribution in [-0.4, -0.2) is 45.8 Å². The average molecular weight is 641 g/mol. The molecule has 234 valence electrons. The molecule has 0 unspecified atom stereocenters. The first-order valence-corrected chi connectivity index (χ1v) is 14.3. The molecule has 4 amide bonds. The number of fused-ring (bicyclic) bond motifs is 2. The Morgan fingerprint density at radius 2 is 0.771 bits per heavy atom. The van der Waals surface area contributed by atoms with Crippen LogP contribution in [0.5, 0.6) is 23.0 Å². The van der Waals surface area contributed by atoms with E-state index < -0.39 is 35.6 Å². The molecule has 0 saturated carbocycles. The molecule has 0 fully saturated rings. The molecule has 0 aliphatic carbocycles. The summed E-state index contributed by atoms with van der Waals surface area (Å²) in [7, 11) is 0. The Balaban J connectivity index is 1.01. The quantitative estimate of drug-likeness (QED) is 0.144. The molecule has 0 bridgehead atoms. The van der Waals surface area contributed by atoms with Crippen LogP contribution in [0.15, 0.2) is 109 Å². The monoisotopic (exact) mass is 640 g/mol. The average Bonchev–Trinajstić information content (AvgIpc) is 3.49. The molecule has 48 heavy (non-hydrogen) atoms. The maximum absolute atomic E-state index is 13.0. The number of phenolic OH excluding ortho intramolecular Hbond substituents is 2. The number of carbonyl (C=O) groups excluding carboxylic acids is 6. The van der Waals surface area contributed by atoms with E-state index in [1.54, 1.807) is 0 Å². The molecule has 0 atom stereocenters. The summed E-state index contributed by atoms with van der Waals surface area (Å²) in [6, 6.07) is 24.6. The van der Waals surface area contributed by atoms with Crippen LogP contribution in [0.4, 0.5) is 11.4 Å². The lowest BCUT2D eigenvalue weighted by Gasteiger charge is -2.13. The van der Waals surface area contributed by atoms with E-state index >= 15 is 0 Å². The predicted molar refractivity (Wildman–Crippen MR) is 168 cm³/mol. The normalized spacial score (nSPS) is 13.4. The molecule has 2 aliphatic heterocycles. The fourth-order valence-corrected chi connectivity index (χ4v) is 5.32. The van der Waals surface area contributed by atoms with Gasteiger partial charge in [0, 0.05) is 0 Å². The van der Waals surface area contributed by atoms with Gasteiger partial charge in [-0.15, -0.1) is 0 Å². The molecule has 5 aromatic carbocycles. The first kappa shape index (κ1) is 29.6. The predicted octanol–water partition coefficient (Wildman–Crippen LogP) is 5.14. The summed E-state index contributed by atoms with van der Waals surface area (Å²) >= 11 is 0. The van der Waals surface area contributed by atoms with E-state index in [9.17, 15) is 39.0 Å². The molecule has 2 N–H and O–H groups in total. The molecule has 12 heteroatoms. The number of carbonyl (C=O) groups is 6. The summed E-state index contributed by atoms with van der Waals surface area (Å²) in [4.78, 5) is 79.5. The molecule has 5 aromatic rings. The number of esters is 2. The topological polar surface area (TPSA) is 168 Å². The highest BCUT2D eigenvalue weighted by Gasteiger charge is 2.38. The number of phenols is 2. The molecule has 0 radical (unpaired) electrons. The summed E-state index contributed by atoms with van der Waals surface area (Å²) in [5, 5.41) is 19.0. The lowest BCUT2D eigenvalue weighted by molar-refractivity contribution is 0.0719. The summed E-state index contributed by atoms with van der Waals surface area (Å²) in [6.45, 7) is 0. The Morgan fingerprint density at radius 1 is 0.438 bits per heavy atom. The van der Waals surface area contributed by atoms with Gasteiger partial charge in [-0.2, -0.15) is 0 Å². The van der Waals surface area contributed by atoms with Crippen molar-refractivity contribution in [1.82, 2.24) is 0 Å². The summed E-state index contributed by atoms with van der Waals surface area (Å²) in [5.74, 6) is -3.85. The van der Waals surface area contributed by atoms with Gasteiger partial charge in [-0.05, 0) is 109 Å². The molecule has 0 spiro atoms. The second-order valence-electron chi connectivity index (χ2n) is 10.7. The SMILES string of the molecule is O=C(Oc1ccc(OC(=O)c2ccc3c(c2)C(=O)N(c2ccc(O)cc2)C3=O)cc1)c1ccc2c(c1)C(=O)N(c1ccc(O)cc1)C2=O. The zero-order valence-corrected chi connectivity index (χ0v) is 24.4. The number of hydrogen-bond donors (Lipinski definition) is 2. The molecule has 2 heterocycles. The van der Waals surface area contributed by atoms with Crippen LogP contribution in [0.2, 0.25) is 0 Å². The number of nitrogens with zero attached hydrogens (tertiary/aromatic N) is 2. The maximum atomic E-state index is 13.0. The van der Waals surface area contributed by atoms with Crippen molar-refractivity contribution in [3.05, 3.63) is 143 Å². The molecule has 0 aromatic heterocycles. The van der Waals surface area contributed by atoms with Crippen molar-refractivity contribution in [2.75, 3.05) is 9.80 Å². The van der Waals surface area contributed by atoms with Gasteiger partial charge < -0.3 is 19.7 Å². The lowest BCUT2D eigenvalue weighted by Crippen LogP contribution is -2.29. The third-order valence-corrected chi connectivity index (χ3v) is 7.71. The van der Waals surface area contributed by atoms with Crippen LogP contribution in [0.25, 0.3) is 0 Å². The Hall–Kier alpha value is -7.08. The lowest BCUT2D eigenvalue weighted by atomic mass is 10.1. The van der Waals surface area contributed by atoms with E-state index in [2.05, 4.69) is 0 Å². The van der Waals surface area contributed by atoms with Gasteiger partial charge >= 0.3 is 11.9 Å². The third-order valence-electron chi connectivity index (χ3n) is 7.71. The Bertz CT molecular complexity index is 2050. The van der Waals surface area contributed by atoms with Crippen LogP contribution in [0.3, 0.4) is 0 Å². The highest BCUT2D eigenvalue weighted by Crippen LogP contribution is 2.32. The number of amides is 4. The Morgan fingerprint density at radius 3 is 1.12 bits per heavy atom. The van der Waals surface area contributed by atoms with E-state index in [-0.39, 0.29) is 67.8 Å². The highest BCUT2D eigenvalue weighted by atomic mass is 16.5. The smallest absolute Gasteiger partial charge is 0.343 e. The zero-order chi connectivity index (χ0) is 33.7. The minimum Gasteiger partial charge on any atom is -0.508 e. The van der Waals surface area contributed by atoms with Crippen LogP contribution >= 0.6 is 0 Å². The van der Waals surface area contributed by atoms with Crippen LogP contribution in [-0.2, 0) is 0 Å². The van der Waals surface area contributed by atoms with Crippen molar-refractivity contribution in [3.8, 4) is 23.0 Å². The number of ether oxygens (including phenoxy) is 2. The van der Waals surface area contributed by atoms with Gasteiger partial charge in [-0.25, -0.2) is 19.4 Å². The van der Waals surface area contributed by atoms with E-state index in [0.717, 1.165) is 9.80 Å². The van der Waals surface area contributed by atoms with Gasteiger partial charge in [0.05, 0.1) is 44.8 Å². The third kappa shape index (κ3) is 5.08. The van der Waals surface area contributed by atoms with Crippen LogP contribution < -0.4 is 19.3 Å². The highest BCUT2D eigenvalue weighted by molar-refractivity contribution is 6.35. The standard InChI is InChI=1S/C36H20N2O10/c39-23-7-3-21(4-8-23)37-31(41)27-15-1-19(17-29(27)33(37)43)35(45)47-25-11-13-26(14-12-25)48-36(46)20-2-16-28-30(18-20)34(44)38(32(28)42)22-5-9-24(40)10-6-22/h1-18,39-40H. The Kier molecular flexibility index (Phi) is 7.02. The Labute approximate surface area is 270 Å². The van der Waals surface area contributed by atoms with E-state index in [1.807, 2.05) is 0 Å². The summed E-state index contributed by atoms with van der Waals surface area (Å²) in [6.07, 6.45) is 0. The first-order chi connectivity index (χ1) is 23.1. The fourth-order valence-electron chi connectivity index (χ4n) is 5.32. The minimum absolute atomic E-state index is 0.0200. The molecule has 7 rings (SSSR count). The van der Waals surface area contributed by atoms with E-state index in [4.69, 9.17) is 9.47 Å². The zero-order valence-electron chi connectivity index (χ0n) is 24.4. The van der Waals surface area contributed by atoms with Crippen molar-refractivity contribution in [2.45, 2.75) is 0 Å². The van der Waals surface area contributed by atoms with Gasteiger partial charge in [0.2, 0.25) is 0 Å². The van der Waals surface area contributed by atoms with E-state index in [0.29, 0.717) is 0 Å². The number of benzene rings is 5. The first-order valence-electron chi connectivity index (χ1n) is 14.3. The van der Waals surface area contributed by atoms with E-state index in [1.165, 1.54) is 109 Å². The largest absolute Gasteiger partial charge is 0.508 e. The minimum atomic E-state index is -0.801. The van der Waals surface area contributed by atoms with Gasteiger partial charge in [-0.3, -0.25) is 19.2 Å². The summed E-state index contributed by atoms with van der Waals surface area (Å²) in [5.41, 5.74) is 0.848.